The zero-order valence-corrected chi connectivity index (χ0v) is 9.56. The Hall–Kier alpha value is -1.97. The molecule has 1 N–H and O–H groups in total. The maximum absolute atomic E-state index is 11.9. The molecule has 2 rings (SSSR count). The molecule has 84 valence electrons. The standard InChI is InChI=1S/C12H14N2O2/c1-8-4-6-10(7-5-8)14-11(15)9(2)13(3)12(14)16/h4-7,15H,1-3H3. The van der Waals surface area contributed by atoms with Gasteiger partial charge in [-0.1, -0.05) is 17.7 Å². The smallest absolute Gasteiger partial charge is 0.335 e. The first-order chi connectivity index (χ1) is 7.52. The van der Waals surface area contributed by atoms with Crippen LogP contribution in [0, 0.1) is 13.8 Å². The second-order valence-electron chi connectivity index (χ2n) is 3.92. The normalized spacial score (nSPS) is 10.7. The van der Waals surface area contributed by atoms with Crippen LogP contribution in [0.2, 0.25) is 0 Å². The number of hydrogen-bond donors (Lipinski definition) is 1. The molecule has 0 bridgehead atoms. The molecule has 0 atom stereocenters. The molecule has 0 spiro atoms. The number of imidazole rings is 1. The molecule has 0 amide bonds. The molecule has 1 aromatic carbocycles. The summed E-state index contributed by atoms with van der Waals surface area (Å²) < 4.78 is 2.73. The van der Waals surface area contributed by atoms with Gasteiger partial charge in [-0.05, 0) is 26.0 Å². The molecule has 4 nitrogen and oxygen atoms in total. The Bertz CT molecular complexity index is 576. The van der Waals surface area contributed by atoms with Crippen LogP contribution in [-0.4, -0.2) is 14.2 Å². The minimum atomic E-state index is -0.237. The van der Waals surface area contributed by atoms with Crippen LogP contribution in [-0.2, 0) is 7.05 Å². The van der Waals surface area contributed by atoms with Gasteiger partial charge < -0.3 is 5.11 Å². The third-order valence-corrected chi connectivity index (χ3v) is 2.81. The molecule has 16 heavy (non-hydrogen) atoms. The van der Waals surface area contributed by atoms with Crippen molar-refractivity contribution in [3.05, 3.63) is 46.0 Å². The van der Waals surface area contributed by atoms with E-state index < -0.39 is 0 Å². The predicted molar refractivity (Wildman–Crippen MR) is 62.1 cm³/mol. The Morgan fingerprint density at radius 1 is 1.12 bits per heavy atom. The van der Waals surface area contributed by atoms with Crippen molar-refractivity contribution in [2.24, 2.45) is 7.05 Å². The molecule has 2 aromatic rings. The Labute approximate surface area is 93.4 Å². The Balaban J connectivity index is 2.70. The topological polar surface area (TPSA) is 47.2 Å². The first-order valence-electron chi connectivity index (χ1n) is 5.06. The average Bonchev–Trinajstić information content (AvgIpc) is 2.46. The summed E-state index contributed by atoms with van der Waals surface area (Å²) >= 11 is 0. The van der Waals surface area contributed by atoms with E-state index in [4.69, 9.17) is 0 Å². The van der Waals surface area contributed by atoms with Crippen molar-refractivity contribution >= 4 is 0 Å². The van der Waals surface area contributed by atoms with Gasteiger partial charge in [-0.15, -0.1) is 0 Å². The minimum absolute atomic E-state index is 0.00338. The van der Waals surface area contributed by atoms with Crippen LogP contribution in [0.25, 0.3) is 5.69 Å². The van der Waals surface area contributed by atoms with Crippen LogP contribution in [0.15, 0.2) is 29.1 Å². The molecule has 0 radical (unpaired) electrons. The SMILES string of the molecule is Cc1ccc(-n2c(O)c(C)n(C)c2=O)cc1. The van der Waals surface area contributed by atoms with Gasteiger partial charge in [-0.2, -0.15) is 0 Å². The molecule has 0 saturated carbocycles. The molecule has 0 aliphatic rings. The Kier molecular flexibility index (Phi) is 2.34. The van der Waals surface area contributed by atoms with E-state index in [0.717, 1.165) is 5.56 Å². The van der Waals surface area contributed by atoms with E-state index in [1.54, 1.807) is 14.0 Å². The molecular weight excluding hydrogens is 204 g/mol. The van der Waals surface area contributed by atoms with Gasteiger partial charge in [0.1, 0.15) is 0 Å². The van der Waals surface area contributed by atoms with Gasteiger partial charge in [-0.3, -0.25) is 4.57 Å². The molecule has 0 saturated heterocycles. The van der Waals surface area contributed by atoms with Gasteiger partial charge in [0.25, 0.3) is 0 Å². The molecule has 0 aliphatic heterocycles. The summed E-state index contributed by atoms with van der Waals surface area (Å²) in [5.74, 6) is -0.00338. The van der Waals surface area contributed by atoms with Crippen molar-refractivity contribution in [1.82, 2.24) is 9.13 Å². The highest BCUT2D eigenvalue weighted by molar-refractivity contribution is 5.39. The van der Waals surface area contributed by atoms with Crippen molar-refractivity contribution in [2.45, 2.75) is 13.8 Å². The molecule has 1 aromatic heterocycles. The van der Waals surface area contributed by atoms with Crippen LogP contribution in [0.1, 0.15) is 11.3 Å². The van der Waals surface area contributed by atoms with Crippen LogP contribution < -0.4 is 5.69 Å². The first kappa shape index (κ1) is 10.5. The number of aromatic nitrogens is 2. The summed E-state index contributed by atoms with van der Waals surface area (Å²) in [5, 5.41) is 9.86. The van der Waals surface area contributed by atoms with Gasteiger partial charge in [-0.25, -0.2) is 9.36 Å². The lowest BCUT2D eigenvalue weighted by molar-refractivity contribution is 0.436. The predicted octanol–water partition coefficient (Wildman–Crippen LogP) is 1.50. The van der Waals surface area contributed by atoms with Gasteiger partial charge in [0.15, 0.2) is 0 Å². The van der Waals surface area contributed by atoms with E-state index in [2.05, 4.69) is 0 Å². The third-order valence-electron chi connectivity index (χ3n) is 2.81. The molecule has 4 heteroatoms. The summed E-state index contributed by atoms with van der Waals surface area (Å²) in [6.07, 6.45) is 0. The number of nitrogens with zero attached hydrogens (tertiary/aromatic N) is 2. The van der Waals surface area contributed by atoms with E-state index in [-0.39, 0.29) is 11.6 Å². The van der Waals surface area contributed by atoms with Crippen molar-refractivity contribution < 1.29 is 5.11 Å². The van der Waals surface area contributed by atoms with Crippen molar-refractivity contribution in [2.75, 3.05) is 0 Å². The van der Waals surface area contributed by atoms with Gasteiger partial charge >= 0.3 is 5.69 Å². The van der Waals surface area contributed by atoms with E-state index in [1.165, 1.54) is 9.13 Å². The second kappa shape index (κ2) is 3.56. The van der Waals surface area contributed by atoms with Gasteiger partial charge in [0.05, 0.1) is 11.4 Å². The van der Waals surface area contributed by atoms with Gasteiger partial charge in [0, 0.05) is 7.05 Å². The van der Waals surface area contributed by atoms with E-state index in [1.807, 2.05) is 31.2 Å². The molecular formula is C12H14N2O2. The number of hydrogen-bond acceptors (Lipinski definition) is 2. The van der Waals surface area contributed by atoms with E-state index in [9.17, 15) is 9.90 Å². The third kappa shape index (κ3) is 1.43. The average molecular weight is 218 g/mol. The number of benzene rings is 1. The fourth-order valence-electron chi connectivity index (χ4n) is 1.62. The molecule has 0 unspecified atom stereocenters. The summed E-state index contributed by atoms with van der Waals surface area (Å²) in [7, 11) is 1.64. The van der Waals surface area contributed by atoms with Crippen LogP contribution in [0.5, 0.6) is 5.88 Å². The highest BCUT2D eigenvalue weighted by Gasteiger charge is 2.14. The molecule has 0 aliphatic carbocycles. The minimum Gasteiger partial charge on any atom is -0.493 e. The quantitative estimate of drug-likeness (QED) is 0.788. The lowest BCUT2D eigenvalue weighted by atomic mass is 10.2. The summed E-state index contributed by atoms with van der Waals surface area (Å²) in [5.41, 5.74) is 2.12. The fraction of sp³-hybridized carbons (Fsp3) is 0.250. The van der Waals surface area contributed by atoms with Crippen molar-refractivity contribution in [1.29, 1.82) is 0 Å². The summed E-state index contributed by atoms with van der Waals surface area (Å²) in [4.78, 5) is 11.9. The fourth-order valence-corrected chi connectivity index (χ4v) is 1.62. The molecule has 1 heterocycles. The van der Waals surface area contributed by atoms with Crippen LogP contribution >= 0.6 is 0 Å². The lowest BCUT2D eigenvalue weighted by Crippen LogP contribution is -2.21. The van der Waals surface area contributed by atoms with Crippen LogP contribution in [0.4, 0.5) is 0 Å². The maximum Gasteiger partial charge on any atom is 0.335 e. The zero-order valence-electron chi connectivity index (χ0n) is 9.56. The zero-order chi connectivity index (χ0) is 11.9. The highest BCUT2D eigenvalue weighted by Crippen LogP contribution is 2.18. The number of aromatic hydroxyl groups is 1. The van der Waals surface area contributed by atoms with Crippen LogP contribution in [0.3, 0.4) is 0 Å². The Morgan fingerprint density at radius 3 is 2.12 bits per heavy atom. The highest BCUT2D eigenvalue weighted by atomic mass is 16.3. The largest absolute Gasteiger partial charge is 0.493 e. The monoisotopic (exact) mass is 218 g/mol. The molecule has 0 fully saturated rings. The lowest BCUT2D eigenvalue weighted by Gasteiger charge is -2.03. The van der Waals surface area contributed by atoms with Gasteiger partial charge in [0.2, 0.25) is 5.88 Å². The van der Waals surface area contributed by atoms with Crippen molar-refractivity contribution in [3.63, 3.8) is 0 Å². The Morgan fingerprint density at radius 2 is 1.69 bits per heavy atom. The number of rotatable bonds is 1. The van der Waals surface area contributed by atoms with Crippen molar-refractivity contribution in [3.8, 4) is 11.6 Å². The number of aryl methyl sites for hydroxylation is 1. The second-order valence-corrected chi connectivity index (χ2v) is 3.92. The first-order valence-corrected chi connectivity index (χ1v) is 5.06. The maximum atomic E-state index is 11.9. The summed E-state index contributed by atoms with van der Waals surface area (Å²) in [6.45, 7) is 3.68. The summed E-state index contributed by atoms with van der Waals surface area (Å²) in [6, 6.07) is 7.44. The van der Waals surface area contributed by atoms with E-state index >= 15 is 0 Å². The van der Waals surface area contributed by atoms with E-state index in [0.29, 0.717) is 11.4 Å².